The summed E-state index contributed by atoms with van der Waals surface area (Å²) in [7, 11) is 0. The van der Waals surface area contributed by atoms with Crippen LogP contribution in [-0.2, 0) is 11.3 Å². The highest BCUT2D eigenvalue weighted by Gasteiger charge is 2.22. The lowest BCUT2D eigenvalue weighted by atomic mass is 10.0. The average molecular weight is 475 g/mol. The van der Waals surface area contributed by atoms with Gasteiger partial charge in [0.1, 0.15) is 17.3 Å². The molecule has 2 aromatic carbocycles. The molecular formula is C27H27FN4O3. The fourth-order valence-electron chi connectivity index (χ4n) is 4.92. The summed E-state index contributed by atoms with van der Waals surface area (Å²) in [6.45, 7) is 2.85. The highest BCUT2D eigenvalue weighted by Crippen LogP contribution is 2.38. The molecule has 2 aromatic heterocycles. The van der Waals surface area contributed by atoms with Crippen LogP contribution in [0.15, 0.2) is 48.7 Å². The largest absolute Gasteiger partial charge is 0.491 e. The van der Waals surface area contributed by atoms with Gasteiger partial charge in [0, 0.05) is 36.0 Å². The Kier molecular flexibility index (Phi) is 5.83. The molecule has 2 aliphatic heterocycles. The molecule has 0 spiro atoms. The molecule has 0 unspecified atom stereocenters. The van der Waals surface area contributed by atoms with Crippen LogP contribution in [0, 0.1) is 5.82 Å². The Balaban J connectivity index is 1.47. The van der Waals surface area contributed by atoms with Gasteiger partial charge in [0.2, 0.25) is 0 Å². The van der Waals surface area contributed by atoms with Crippen molar-refractivity contribution >= 4 is 16.6 Å². The topological polar surface area (TPSA) is 83.5 Å². The number of ether oxygens (including phenoxy) is 2. The van der Waals surface area contributed by atoms with Crippen molar-refractivity contribution in [2.75, 3.05) is 31.2 Å². The Morgan fingerprint density at radius 2 is 1.97 bits per heavy atom. The van der Waals surface area contributed by atoms with Crippen molar-refractivity contribution in [2.24, 2.45) is 0 Å². The number of nitrogens with one attached hydrogen (secondary N) is 1. The molecule has 4 aromatic rings. The predicted molar refractivity (Wildman–Crippen MR) is 132 cm³/mol. The maximum absolute atomic E-state index is 15.0. The number of rotatable bonds is 1. The number of aliphatic hydroxyl groups excluding tert-OH is 1. The molecule has 2 aliphatic rings. The van der Waals surface area contributed by atoms with Gasteiger partial charge in [-0.2, -0.15) is 5.10 Å². The minimum atomic E-state index is -0.325. The number of fused-ring (bicyclic) bond motifs is 6. The number of hydrogen-bond donors (Lipinski definition) is 2. The third-order valence-electron chi connectivity index (χ3n) is 6.79. The van der Waals surface area contributed by atoms with Gasteiger partial charge in [0.15, 0.2) is 0 Å². The third-order valence-corrected chi connectivity index (χ3v) is 6.79. The van der Waals surface area contributed by atoms with Crippen LogP contribution in [0.4, 0.5) is 10.1 Å². The van der Waals surface area contributed by atoms with Crippen LogP contribution < -0.4 is 9.64 Å². The normalized spacial score (nSPS) is 17.0. The van der Waals surface area contributed by atoms with Gasteiger partial charge >= 0.3 is 0 Å². The van der Waals surface area contributed by atoms with Crippen molar-refractivity contribution in [3.63, 3.8) is 0 Å². The zero-order valence-corrected chi connectivity index (χ0v) is 19.3. The van der Waals surface area contributed by atoms with E-state index in [9.17, 15) is 9.50 Å². The molecule has 6 rings (SSSR count). The lowest BCUT2D eigenvalue weighted by Gasteiger charge is -2.32. The first-order chi connectivity index (χ1) is 17.2. The molecule has 1 fully saturated rings. The predicted octanol–water partition coefficient (Wildman–Crippen LogP) is 4.69. The quantitative estimate of drug-likeness (QED) is 0.416. The van der Waals surface area contributed by atoms with Crippen molar-refractivity contribution in [3.05, 3.63) is 60.0 Å². The summed E-state index contributed by atoms with van der Waals surface area (Å²) in [6, 6.07) is 13.0. The molecule has 0 saturated carbocycles. The van der Waals surface area contributed by atoms with Crippen molar-refractivity contribution < 1.29 is 19.0 Å². The summed E-state index contributed by atoms with van der Waals surface area (Å²) >= 11 is 0. The first-order valence-corrected chi connectivity index (χ1v) is 12.1. The second kappa shape index (κ2) is 9.28. The second-order valence-corrected chi connectivity index (χ2v) is 9.12. The fraction of sp³-hybridized carbons (Fsp3) is 0.333. The lowest BCUT2D eigenvalue weighted by Crippen LogP contribution is -2.36. The number of hydrogen-bond acceptors (Lipinski definition) is 6. The highest BCUT2D eigenvalue weighted by atomic mass is 19.1. The van der Waals surface area contributed by atoms with Crippen molar-refractivity contribution in [3.8, 4) is 28.3 Å². The first-order valence-electron chi connectivity index (χ1n) is 12.1. The number of aromatic amines is 1. The van der Waals surface area contributed by atoms with E-state index in [0.717, 1.165) is 65.1 Å². The van der Waals surface area contributed by atoms with E-state index in [0.29, 0.717) is 37.5 Å². The molecule has 0 radical (unpaired) electrons. The molecular weight excluding hydrogens is 447 g/mol. The number of H-pyrrole nitrogens is 1. The van der Waals surface area contributed by atoms with Crippen LogP contribution in [0.25, 0.3) is 33.4 Å². The molecule has 35 heavy (non-hydrogen) atoms. The van der Waals surface area contributed by atoms with Crippen LogP contribution >= 0.6 is 0 Å². The van der Waals surface area contributed by atoms with E-state index < -0.39 is 0 Å². The minimum absolute atomic E-state index is 0.242. The molecule has 0 aliphatic carbocycles. The maximum Gasteiger partial charge on any atom is 0.143 e. The van der Waals surface area contributed by atoms with Crippen LogP contribution in [-0.4, -0.2) is 52.7 Å². The molecule has 4 heterocycles. The van der Waals surface area contributed by atoms with E-state index in [1.54, 1.807) is 12.3 Å². The molecule has 2 N–H and O–H groups in total. The van der Waals surface area contributed by atoms with Gasteiger partial charge in [-0.1, -0.05) is 18.2 Å². The summed E-state index contributed by atoms with van der Waals surface area (Å²) in [5, 5.41) is 18.4. The standard InChI is InChI=1S/C27H27FN4O3/c28-21-4-1-3-18-16-34-11-2-12-35-25-13-17(5-6-24(25)32-9-7-19(33)8-10-32)27-20-14-22(26(18)21)29-15-23(20)30-31-27/h1,3-6,13-15,19,33H,2,7-12,16H2,(H,30,31). The van der Waals surface area contributed by atoms with Crippen LogP contribution in [0.5, 0.6) is 5.75 Å². The summed E-state index contributed by atoms with van der Waals surface area (Å²) in [5.41, 5.74) is 5.22. The van der Waals surface area contributed by atoms with Crippen molar-refractivity contribution in [1.29, 1.82) is 0 Å². The first kappa shape index (κ1) is 22.0. The Morgan fingerprint density at radius 1 is 1.09 bits per heavy atom. The van der Waals surface area contributed by atoms with E-state index in [1.165, 1.54) is 6.07 Å². The molecule has 0 atom stereocenters. The smallest absolute Gasteiger partial charge is 0.143 e. The third kappa shape index (κ3) is 4.24. The SMILES string of the molecule is OC1CCN(c2ccc3cc2OCCCOCc2cccc(F)c2-c2cc4c-3n[nH]c4cn2)CC1. The monoisotopic (exact) mass is 474 g/mol. The number of pyridine rings is 1. The number of anilines is 1. The number of aromatic nitrogens is 3. The summed E-state index contributed by atoms with van der Waals surface area (Å²) in [6.07, 6.45) is 3.64. The zero-order chi connectivity index (χ0) is 23.8. The highest BCUT2D eigenvalue weighted by molar-refractivity contribution is 5.95. The van der Waals surface area contributed by atoms with Crippen LogP contribution in [0.3, 0.4) is 0 Å². The summed E-state index contributed by atoms with van der Waals surface area (Å²) < 4.78 is 27.1. The Labute approximate surface area is 202 Å². The van der Waals surface area contributed by atoms with Crippen LogP contribution in [0.1, 0.15) is 24.8 Å². The number of nitrogens with zero attached hydrogens (tertiary/aromatic N) is 3. The Hall–Kier alpha value is -3.49. The molecule has 1 saturated heterocycles. The Morgan fingerprint density at radius 3 is 2.86 bits per heavy atom. The number of piperidine rings is 1. The Bertz CT molecular complexity index is 1360. The summed E-state index contributed by atoms with van der Waals surface area (Å²) in [4.78, 5) is 6.79. The van der Waals surface area contributed by atoms with Gasteiger partial charge in [0.05, 0.1) is 49.0 Å². The number of benzene rings is 2. The van der Waals surface area contributed by atoms with Gasteiger partial charge < -0.3 is 19.5 Å². The van der Waals surface area contributed by atoms with Crippen molar-refractivity contribution in [1.82, 2.24) is 15.2 Å². The van der Waals surface area contributed by atoms with E-state index in [-0.39, 0.29) is 11.9 Å². The fourth-order valence-corrected chi connectivity index (χ4v) is 4.92. The maximum atomic E-state index is 15.0. The summed E-state index contributed by atoms with van der Waals surface area (Å²) in [5.74, 6) is 0.461. The average Bonchev–Trinajstić information content (AvgIpc) is 3.29. The molecule has 0 amide bonds. The second-order valence-electron chi connectivity index (χ2n) is 9.12. The molecule has 8 heteroatoms. The van der Waals surface area contributed by atoms with Crippen LogP contribution in [0.2, 0.25) is 0 Å². The van der Waals surface area contributed by atoms with Gasteiger partial charge in [-0.15, -0.1) is 0 Å². The van der Waals surface area contributed by atoms with Crippen molar-refractivity contribution in [2.45, 2.75) is 32.0 Å². The van der Waals surface area contributed by atoms with Gasteiger partial charge in [0.25, 0.3) is 0 Å². The zero-order valence-electron chi connectivity index (χ0n) is 19.3. The number of halogens is 1. The number of aliphatic hydroxyl groups is 1. The van der Waals surface area contributed by atoms with E-state index >= 15 is 0 Å². The molecule has 7 nitrogen and oxygen atoms in total. The van der Waals surface area contributed by atoms with E-state index in [4.69, 9.17) is 9.47 Å². The lowest BCUT2D eigenvalue weighted by molar-refractivity contribution is 0.107. The van der Waals surface area contributed by atoms with Gasteiger partial charge in [-0.3, -0.25) is 10.1 Å². The minimum Gasteiger partial charge on any atom is -0.491 e. The van der Waals surface area contributed by atoms with Gasteiger partial charge in [-0.25, -0.2) is 4.39 Å². The molecule has 180 valence electrons. The van der Waals surface area contributed by atoms with E-state index in [2.05, 4.69) is 26.1 Å². The van der Waals surface area contributed by atoms with Gasteiger partial charge in [-0.05, 0) is 42.7 Å². The molecule has 4 bridgehead atoms. The van der Waals surface area contributed by atoms with E-state index in [1.807, 2.05) is 24.3 Å².